The maximum absolute atomic E-state index is 5.84. The summed E-state index contributed by atoms with van der Waals surface area (Å²) in [6.07, 6.45) is 3.88. The molecule has 0 radical (unpaired) electrons. The largest absolute Gasteiger partial charge is 0.464 e. The molecule has 1 saturated carbocycles. The molecule has 1 N–H and O–H groups in total. The Bertz CT molecular complexity index is 545. The van der Waals surface area contributed by atoms with Crippen LogP contribution in [0, 0.1) is 5.92 Å². The molecule has 5 heteroatoms. The molecule has 2 unspecified atom stereocenters. The maximum Gasteiger partial charge on any atom is 0.133 e. The molecule has 2 atom stereocenters. The standard InChI is InChI=1S/C14H20N4O/c1-10-7-12(10)13-4-3-11(19-13)8-15-6-5-14-17-16-9-18(14)2/h3-4,9-10,12,15H,5-8H2,1-2H3. The van der Waals surface area contributed by atoms with Crippen molar-refractivity contribution < 1.29 is 4.42 Å². The van der Waals surface area contributed by atoms with Gasteiger partial charge < -0.3 is 14.3 Å². The van der Waals surface area contributed by atoms with Gasteiger partial charge in [0, 0.05) is 25.9 Å². The third kappa shape index (κ3) is 2.87. The van der Waals surface area contributed by atoms with E-state index in [1.54, 1.807) is 6.33 Å². The Hall–Kier alpha value is -1.62. The van der Waals surface area contributed by atoms with Gasteiger partial charge in [0.25, 0.3) is 0 Å². The van der Waals surface area contributed by atoms with Crippen LogP contribution < -0.4 is 5.32 Å². The molecule has 5 nitrogen and oxygen atoms in total. The second kappa shape index (κ2) is 5.17. The van der Waals surface area contributed by atoms with Gasteiger partial charge in [0.05, 0.1) is 6.54 Å². The van der Waals surface area contributed by atoms with Crippen molar-refractivity contribution in [2.45, 2.75) is 32.2 Å². The molecular formula is C14H20N4O. The van der Waals surface area contributed by atoms with Crippen LogP contribution in [0.1, 0.15) is 36.6 Å². The van der Waals surface area contributed by atoms with E-state index < -0.39 is 0 Å². The Morgan fingerprint density at radius 1 is 1.47 bits per heavy atom. The summed E-state index contributed by atoms with van der Waals surface area (Å²) in [5.74, 6) is 4.62. The van der Waals surface area contributed by atoms with Crippen LogP contribution in [0.4, 0.5) is 0 Å². The summed E-state index contributed by atoms with van der Waals surface area (Å²) in [6, 6.07) is 4.20. The second-order valence-corrected chi connectivity index (χ2v) is 5.41. The molecule has 2 aromatic rings. The minimum atomic E-state index is 0.660. The van der Waals surface area contributed by atoms with E-state index in [0.29, 0.717) is 5.92 Å². The van der Waals surface area contributed by atoms with E-state index in [-0.39, 0.29) is 0 Å². The van der Waals surface area contributed by atoms with E-state index >= 15 is 0 Å². The quantitative estimate of drug-likeness (QED) is 0.806. The predicted molar refractivity (Wildman–Crippen MR) is 71.6 cm³/mol. The highest BCUT2D eigenvalue weighted by Gasteiger charge is 2.36. The minimum absolute atomic E-state index is 0.660. The summed E-state index contributed by atoms with van der Waals surface area (Å²) in [6.45, 7) is 3.92. The number of rotatable bonds is 6. The van der Waals surface area contributed by atoms with Gasteiger partial charge in [-0.2, -0.15) is 0 Å². The normalized spacial score (nSPS) is 21.8. The Kier molecular flexibility index (Phi) is 3.38. The molecule has 1 aliphatic rings. The Balaban J connectivity index is 1.42. The summed E-state index contributed by atoms with van der Waals surface area (Å²) in [7, 11) is 1.96. The van der Waals surface area contributed by atoms with Crippen LogP contribution in [0.5, 0.6) is 0 Å². The lowest BCUT2D eigenvalue weighted by Crippen LogP contribution is -2.17. The summed E-state index contributed by atoms with van der Waals surface area (Å²) in [5, 5.41) is 11.3. The van der Waals surface area contributed by atoms with Gasteiger partial charge in [0.1, 0.15) is 23.7 Å². The van der Waals surface area contributed by atoms with Gasteiger partial charge in [-0.1, -0.05) is 6.92 Å². The van der Waals surface area contributed by atoms with Crippen molar-refractivity contribution in [3.63, 3.8) is 0 Å². The first kappa shape index (κ1) is 12.4. The molecular weight excluding hydrogens is 240 g/mol. The number of nitrogens with zero attached hydrogens (tertiary/aromatic N) is 3. The molecule has 102 valence electrons. The zero-order valence-electron chi connectivity index (χ0n) is 11.5. The number of hydrogen-bond donors (Lipinski definition) is 1. The highest BCUT2D eigenvalue weighted by Crippen LogP contribution is 2.47. The number of aromatic nitrogens is 3. The molecule has 0 amide bonds. The Morgan fingerprint density at radius 2 is 2.32 bits per heavy atom. The van der Waals surface area contributed by atoms with Gasteiger partial charge in [-0.3, -0.25) is 0 Å². The molecule has 0 saturated heterocycles. The van der Waals surface area contributed by atoms with Crippen LogP contribution in [0.15, 0.2) is 22.9 Å². The third-order valence-corrected chi connectivity index (χ3v) is 3.79. The highest BCUT2D eigenvalue weighted by molar-refractivity contribution is 5.17. The third-order valence-electron chi connectivity index (χ3n) is 3.79. The van der Waals surface area contributed by atoms with E-state index in [1.807, 2.05) is 11.6 Å². The topological polar surface area (TPSA) is 55.9 Å². The van der Waals surface area contributed by atoms with Crippen LogP contribution in [0.25, 0.3) is 0 Å². The molecule has 3 rings (SSSR count). The van der Waals surface area contributed by atoms with Crippen LogP contribution in [0.2, 0.25) is 0 Å². The molecule has 0 spiro atoms. The lowest BCUT2D eigenvalue weighted by molar-refractivity contribution is 0.444. The fourth-order valence-corrected chi connectivity index (χ4v) is 2.35. The molecule has 0 aromatic carbocycles. The summed E-state index contributed by atoms with van der Waals surface area (Å²) >= 11 is 0. The Labute approximate surface area is 113 Å². The van der Waals surface area contributed by atoms with Gasteiger partial charge in [0.15, 0.2) is 0 Å². The van der Waals surface area contributed by atoms with E-state index in [1.165, 1.54) is 6.42 Å². The van der Waals surface area contributed by atoms with Crippen molar-refractivity contribution in [2.24, 2.45) is 13.0 Å². The first-order chi connectivity index (χ1) is 9.24. The average Bonchev–Trinajstić information content (AvgIpc) is 2.79. The van der Waals surface area contributed by atoms with Crippen molar-refractivity contribution in [1.29, 1.82) is 0 Å². The van der Waals surface area contributed by atoms with Crippen molar-refractivity contribution in [1.82, 2.24) is 20.1 Å². The molecule has 19 heavy (non-hydrogen) atoms. The van der Waals surface area contributed by atoms with E-state index in [2.05, 4.69) is 34.6 Å². The van der Waals surface area contributed by atoms with E-state index in [9.17, 15) is 0 Å². The van der Waals surface area contributed by atoms with E-state index in [0.717, 1.165) is 42.8 Å². The predicted octanol–water partition coefficient (Wildman–Crippen LogP) is 1.86. The van der Waals surface area contributed by atoms with Gasteiger partial charge in [-0.05, 0) is 24.5 Å². The summed E-state index contributed by atoms with van der Waals surface area (Å²) in [5.41, 5.74) is 0. The zero-order valence-corrected chi connectivity index (χ0v) is 11.5. The fourth-order valence-electron chi connectivity index (χ4n) is 2.35. The maximum atomic E-state index is 5.84. The smallest absolute Gasteiger partial charge is 0.133 e. The molecule has 1 fully saturated rings. The monoisotopic (exact) mass is 260 g/mol. The van der Waals surface area contributed by atoms with Crippen LogP contribution in [-0.4, -0.2) is 21.3 Å². The highest BCUT2D eigenvalue weighted by atomic mass is 16.3. The SMILES string of the molecule is CC1CC1c1ccc(CNCCc2nncn2C)o1. The average molecular weight is 260 g/mol. The number of aryl methyl sites for hydroxylation is 1. The summed E-state index contributed by atoms with van der Waals surface area (Å²) in [4.78, 5) is 0. The first-order valence-corrected chi connectivity index (χ1v) is 6.86. The van der Waals surface area contributed by atoms with Crippen LogP contribution >= 0.6 is 0 Å². The van der Waals surface area contributed by atoms with Gasteiger partial charge in [0.2, 0.25) is 0 Å². The van der Waals surface area contributed by atoms with Gasteiger partial charge >= 0.3 is 0 Å². The Morgan fingerprint density at radius 3 is 3.00 bits per heavy atom. The molecule has 2 aromatic heterocycles. The lowest BCUT2D eigenvalue weighted by Gasteiger charge is -2.02. The van der Waals surface area contributed by atoms with Crippen molar-refractivity contribution in [3.05, 3.63) is 35.8 Å². The zero-order chi connectivity index (χ0) is 13.2. The second-order valence-electron chi connectivity index (χ2n) is 5.41. The number of furan rings is 1. The number of hydrogen-bond acceptors (Lipinski definition) is 4. The van der Waals surface area contributed by atoms with Crippen molar-refractivity contribution in [2.75, 3.05) is 6.54 Å². The van der Waals surface area contributed by atoms with Crippen LogP contribution in [0.3, 0.4) is 0 Å². The summed E-state index contributed by atoms with van der Waals surface area (Å²) < 4.78 is 7.79. The molecule has 1 aliphatic carbocycles. The van der Waals surface area contributed by atoms with Crippen LogP contribution in [-0.2, 0) is 20.0 Å². The number of nitrogens with one attached hydrogen (secondary N) is 1. The van der Waals surface area contributed by atoms with Gasteiger partial charge in [-0.15, -0.1) is 10.2 Å². The molecule has 0 bridgehead atoms. The van der Waals surface area contributed by atoms with Crippen molar-refractivity contribution in [3.8, 4) is 0 Å². The molecule has 0 aliphatic heterocycles. The minimum Gasteiger partial charge on any atom is -0.464 e. The van der Waals surface area contributed by atoms with Crippen molar-refractivity contribution >= 4 is 0 Å². The molecule has 2 heterocycles. The van der Waals surface area contributed by atoms with Gasteiger partial charge in [-0.25, -0.2) is 0 Å². The fraction of sp³-hybridized carbons (Fsp3) is 0.571. The first-order valence-electron chi connectivity index (χ1n) is 6.86. The van der Waals surface area contributed by atoms with E-state index in [4.69, 9.17) is 4.42 Å². The lowest BCUT2D eigenvalue weighted by atomic mass is 10.3.